The van der Waals surface area contributed by atoms with Gasteiger partial charge in [0.05, 0.1) is 5.69 Å². The maximum atomic E-state index is 4.56. The summed E-state index contributed by atoms with van der Waals surface area (Å²) in [6, 6.07) is 3.00. The molecule has 2 aromatic heterocycles. The molecule has 1 N–H and O–H groups in total. The van der Waals surface area contributed by atoms with Crippen LogP contribution in [0.1, 0.15) is 19.5 Å². The third-order valence-corrected chi connectivity index (χ3v) is 3.82. The van der Waals surface area contributed by atoms with Gasteiger partial charge in [-0.15, -0.1) is 0 Å². The molecule has 2 atom stereocenters. The second-order valence-electron chi connectivity index (χ2n) is 5.01. The summed E-state index contributed by atoms with van der Waals surface area (Å²) in [5.74, 6) is 0.781. The van der Waals surface area contributed by atoms with Crippen LogP contribution >= 0.6 is 0 Å². The fourth-order valence-corrected chi connectivity index (χ4v) is 2.51. The number of imidazole rings is 1. The Morgan fingerprint density at radius 3 is 3.17 bits per heavy atom. The van der Waals surface area contributed by atoms with Gasteiger partial charge < -0.3 is 5.32 Å². The SMILES string of the molecule is CC1NCCN(Cc2cn3cccnc3n2)C1C. The van der Waals surface area contributed by atoms with Gasteiger partial charge in [-0.2, -0.15) is 0 Å². The van der Waals surface area contributed by atoms with Crippen molar-refractivity contribution in [3.63, 3.8) is 0 Å². The monoisotopic (exact) mass is 245 g/mol. The molecule has 0 aliphatic carbocycles. The number of nitrogens with one attached hydrogen (secondary N) is 1. The van der Waals surface area contributed by atoms with E-state index in [1.54, 1.807) is 6.20 Å². The number of hydrogen-bond acceptors (Lipinski definition) is 4. The van der Waals surface area contributed by atoms with Crippen molar-refractivity contribution in [3.8, 4) is 0 Å². The Hall–Kier alpha value is -1.46. The van der Waals surface area contributed by atoms with Gasteiger partial charge in [-0.3, -0.25) is 9.30 Å². The lowest BCUT2D eigenvalue weighted by atomic mass is 10.1. The molecule has 5 heteroatoms. The van der Waals surface area contributed by atoms with E-state index in [0.29, 0.717) is 12.1 Å². The van der Waals surface area contributed by atoms with E-state index in [2.05, 4.69) is 40.2 Å². The largest absolute Gasteiger partial charge is 0.311 e. The van der Waals surface area contributed by atoms with E-state index in [9.17, 15) is 0 Å². The molecule has 5 nitrogen and oxygen atoms in total. The quantitative estimate of drug-likeness (QED) is 0.854. The van der Waals surface area contributed by atoms with Crippen molar-refractivity contribution in [2.75, 3.05) is 13.1 Å². The van der Waals surface area contributed by atoms with Crippen LogP contribution in [0.3, 0.4) is 0 Å². The van der Waals surface area contributed by atoms with E-state index < -0.39 is 0 Å². The zero-order valence-electron chi connectivity index (χ0n) is 10.9. The van der Waals surface area contributed by atoms with Crippen LogP contribution in [-0.2, 0) is 6.54 Å². The van der Waals surface area contributed by atoms with Crippen LogP contribution in [-0.4, -0.2) is 44.4 Å². The summed E-state index contributed by atoms with van der Waals surface area (Å²) in [5.41, 5.74) is 1.09. The average Bonchev–Trinajstić information content (AvgIpc) is 2.77. The second kappa shape index (κ2) is 4.66. The summed E-state index contributed by atoms with van der Waals surface area (Å²) in [7, 11) is 0. The Bertz CT molecular complexity index is 502. The predicted octanol–water partition coefficient (Wildman–Crippen LogP) is 0.911. The van der Waals surface area contributed by atoms with Crippen molar-refractivity contribution in [3.05, 3.63) is 30.4 Å². The van der Waals surface area contributed by atoms with Crippen molar-refractivity contribution < 1.29 is 0 Å². The van der Waals surface area contributed by atoms with Gasteiger partial charge in [0.2, 0.25) is 5.78 Å². The van der Waals surface area contributed by atoms with Crippen molar-refractivity contribution >= 4 is 5.78 Å². The summed E-state index contributed by atoms with van der Waals surface area (Å²) in [4.78, 5) is 11.3. The van der Waals surface area contributed by atoms with Crippen LogP contribution in [0.2, 0.25) is 0 Å². The van der Waals surface area contributed by atoms with Gasteiger partial charge in [-0.05, 0) is 19.9 Å². The van der Waals surface area contributed by atoms with Gasteiger partial charge in [0.15, 0.2) is 0 Å². The zero-order valence-corrected chi connectivity index (χ0v) is 10.9. The van der Waals surface area contributed by atoms with Crippen molar-refractivity contribution in [1.29, 1.82) is 0 Å². The Balaban J connectivity index is 1.79. The minimum absolute atomic E-state index is 0.536. The van der Waals surface area contributed by atoms with Crippen molar-refractivity contribution in [1.82, 2.24) is 24.6 Å². The average molecular weight is 245 g/mol. The topological polar surface area (TPSA) is 45.5 Å². The minimum atomic E-state index is 0.536. The number of fused-ring (bicyclic) bond motifs is 1. The van der Waals surface area contributed by atoms with Crippen LogP contribution in [0.25, 0.3) is 5.78 Å². The molecule has 1 aliphatic heterocycles. The van der Waals surface area contributed by atoms with E-state index in [1.165, 1.54) is 0 Å². The van der Waals surface area contributed by atoms with Gasteiger partial charge in [0, 0.05) is 50.3 Å². The summed E-state index contributed by atoms with van der Waals surface area (Å²) in [6.45, 7) is 7.54. The summed E-state index contributed by atoms with van der Waals surface area (Å²) in [6.07, 6.45) is 5.84. The van der Waals surface area contributed by atoms with Crippen LogP contribution in [0.5, 0.6) is 0 Å². The molecule has 1 aliphatic rings. The van der Waals surface area contributed by atoms with E-state index in [1.807, 2.05) is 16.7 Å². The van der Waals surface area contributed by atoms with Crippen LogP contribution in [0, 0.1) is 0 Å². The van der Waals surface area contributed by atoms with Gasteiger partial charge >= 0.3 is 0 Å². The molecule has 0 amide bonds. The molecule has 2 unspecified atom stereocenters. The standard InChI is InChI=1S/C13H19N5/c1-10-11(2)17(7-5-14-10)8-12-9-18-6-3-4-15-13(18)16-12/h3-4,6,9-11,14H,5,7-8H2,1-2H3. The maximum absolute atomic E-state index is 4.56. The van der Waals surface area contributed by atoms with Crippen LogP contribution in [0.15, 0.2) is 24.7 Å². The van der Waals surface area contributed by atoms with E-state index in [0.717, 1.165) is 31.1 Å². The molecule has 1 fully saturated rings. The molecule has 0 aromatic carbocycles. The lowest BCUT2D eigenvalue weighted by molar-refractivity contribution is 0.129. The van der Waals surface area contributed by atoms with E-state index in [-0.39, 0.29) is 0 Å². The molecule has 0 radical (unpaired) electrons. The fourth-order valence-electron chi connectivity index (χ4n) is 2.51. The Morgan fingerprint density at radius 2 is 2.33 bits per heavy atom. The predicted molar refractivity (Wildman–Crippen MR) is 70.3 cm³/mol. The summed E-state index contributed by atoms with van der Waals surface area (Å²) >= 11 is 0. The number of hydrogen-bond donors (Lipinski definition) is 1. The summed E-state index contributed by atoms with van der Waals surface area (Å²) in [5, 5.41) is 3.49. The fraction of sp³-hybridized carbons (Fsp3) is 0.538. The second-order valence-corrected chi connectivity index (χ2v) is 5.01. The highest BCUT2D eigenvalue weighted by Crippen LogP contribution is 2.13. The third kappa shape index (κ3) is 2.11. The molecular formula is C13H19N5. The van der Waals surface area contributed by atoms with Crippen molar-refractivity contribution in [2.45, 2.75) is 32.5 Å². The van der Waals surface area contributed by atoms with Crippen molar-refractivity contribution in [2.24, 2.45) is 0 Å². The normalized spacial score (nSPS) is 25.7. The molecule has 0 bridgehead atoms. The molecule has 0 saturated carbocycles. The molecule has 1 saturated heterocycles. The van der Waals surface area contributed by atoms with E-state index >= 15 is 0 Å². The highest BCUT2D eigenvalue weighted by molar-refractivity contribution is 5.29. The first-order valence-electron chi connectivity index (χ1n) is 6.50. The smallest absolute Gasteiger partial charge is 0.233 e. The zero-order chi connectivity index (χ0) is 12.5. The molecule has 18 heavy (non-hydrogen) atoms. The first-order valence-corrected chi connectivity index (χ1v) is 6.50. The summed E-state index contributed by atoms with van der Waals surface area (Å²) < 4.78 is 1.98. The lowest BCUT2D eigenvalue weighted by Crippen LogP contribution is -2.54. The molecular weight excluding hydrogens is 226 g/mol. The third-order valence-electron chi connectivity index (χ3n) is 3.82. The number of nitrogens with zero attached hydrogens (tertiary/aromatic N) is 4. The van der Waals surface area contributed by atoms with E-state index in [4.69, 9.17) is 0 Å². The number of piperazine rings is 1. The first kappa shape index (κ1) is 11.6. The highest BCUT2D eigenvalue weighted by atomic mass is 15.2. The molecule has 2 aromatic rings. The highest BCUT2D eigenvalue weighted by Gasteiger charge is 2.24. The minimum Gasteiger partial charge on any atom is -0.311 e. The molecule has 0 spiro atoms. The Kier molecular flexibility index (Phi) is 3.01. The van der Waals surface area contributed by atoms with Gasteiger partial charge in [-0.1, -0.05) is 0 Å². The first-order chi connectivity index (χ1) is 8.74. The maximum Gasteiger partial charge on any atom is 0.233 e. The molecule has 3 heterocycles. The number of aromatic nitrogens is 3. The van der Waals surface area contributed by atoms with Gasteiger partial charge in [0.1, 0.15) is 0 Å². The lowest BCUT2D eigenvalue weighted by Gasteiger charge is -2.38. The Morgan fingerprint density at radius 1 is 1.44 bits per heavy atom. The number of rotatable bonds is 2. The van der Waals surface area contributed by atoms with Gasteiger partial charge in [0.25, 0.3) is 0 Å². The van der Waals surface area contributed by atoms with Crippen LogP contribution in [0.4, 0.5) is 0 Å². The molecule has 96 valence electrons. The van der Waals surface area contributed by atoms with Crippen LogP contribution < -0.4 is 5.32 Å². The Labute approximate surface area is 107 Å². The molecule has 3 rings (SSSR count). The van der Waals surface area contributed by atoms with Gasteiger partial charge in [-0.25, -0.2) is 9.97 Å².